The Kier molecular flexibility index (Phi) is 7.51. The lowest BCUT2D eigenvalue weighted by molar-refractivity contribution is -0.138. The first-order valence-electron chi connectivity index (χ1n) is 12.4. The predicted octanol–water partition coefficient (Wildman–Crippen LogP) is 6.53. The van der Waals surface area contributed by atoms with Gasteiger partial charge < -0.3 is 4.90 Å². The first-order chi connectivity index (χ1) is 18.5. The number of halogens is 5. The van der Waals surface area contributed by atoms with Crippen LogP contribution >= 0.6 is 23.4 Å². The van der Waals surface area contributed by atoms with Gasteiger partial charge in [0.2, 0.25) is 0 Å². The van der Waals surface area contributed by atoms with Crippen molar-refractivity contribution >= 4 is 51.5 Å². The first-order valence-corrected chi connectivity index (χ1v) is 13.6. The van der Waals surface area contributed by atoms with E-state index in [1.807, 2.05) is 11.8 Å². The number of fused-ring (bicyclic) bond motifs is 1. The number of hydrogen-bond donors (Lipinski definition) is 0. The van der Waals surface area contributed by atoms with Gasteiger partial charge in [-0.05, 0) is 73.1 Å². The normalized spacial score (nSPS) is 22.0. The van der Waals surface area contributed by atoms with E-state index < -0.39 is 35.1 Å². The Morgan fingerprint density at radius 1 is 1.18 bits per heavy atom. The van der Waals surface area contributed by atoms with Crippen molar-refractivity contribution in [1.29, 1.82) is 0 Å². The van der Waals surface area contributed by atoms with Crippen molar-refractivity contribution in [3.05, 3.63) is 68.7 Å². The zero-order chi connectivity index (χ0) is 28.1. The highest BCUT2D eigenvalue weighted by Crippen LogP contribution is 2.37. The number of likely N-dealkylation sites (tertiary alicyclic amines) is 1. The summed E-state index contributed by atoms with van der Waals surface area (Å²) < 4.78 is 57.1. The monoisotopic (exact) mass is 580 g/mol. The Balaban J connectivity index is 1.41. The minimum atomic E-state index is -4.57. The molecule has 12 heteroatoms. The molecule has 6 nitrogen and oxygen atoms in total. The summed E-state index contributed by atoms with van der Waals surface area (Å²) in [6, 6.07) is 8.06. The largest absolute Gasteiger partial charge is 0.416 e. The summed E-state index contributed by atoms with van der Waals surface area (Å²) in [7, 11) is 0. The number of rotatable bonds is 5. The van der Waals surface area contributed by atoms with Crippen LogP contribution < -0.4 is 0 Å². The molecule has 3 heterocycles. The predicted molar refractivity (Wildman–Crippen MR) is 143 cm³/mol. The number of thioether (sulfide) groups is 1. The molecule has 0 N–H and O–H groups in total. The van der Waals surface area contributed by atoms with Crippen LogP contribution in [0.25, 0.3) is 17.0 Å². The molecule has 0 radical (unpaired) electrons. The van der Waals surface area contributed by atoms with E-state index in [0.717, 1.165) is 22.7 Å². The van der Waals surface area contributed by atoms with Gasteiger partial charge in [0.05, 0.1) is 34.3 Å². The van der Waals surface area contributed by atoms with E-state index in [1.165, 1.54) is 16.8 Å². The van der Waals surface area contributed by atoms with Gasteiger partial charge in [-0.15, -0.1) is 0 Å². The van der Waals surface area contributed by atoms with E-state index in [-0.39, 0.29) is 28.6 Å². The highest BCUT2D eigenvalue weighted by atomic mass is 35.5. The van der Waals surface area contributed by atoms with E-state index in [4.69, 9.17) is 11.6 Å². The van der Waals surface area contributed by atoms with Gasteiger partial charge in [0, 0.05) is 23.5 Å². The molecule has 0 saturated carbocycles. The van der Waals surface area contributed by atoms with Gasteiger partial charge in [0.15, 0.2) is 0 Å². The minimum absolute atomic E-state index is 0.00455. The summed E-state index contributed by atoms with van der Waals surface area (Å²) in [5.74, 6) is -0.516. The number of piperidine rings is 1. The van der Waals surface area contributed by atoms with Crippen molar-refractivity contribution in [2.75, 3.05) is 19.6 Å². The van der Waals surface area contributed by atoms with Crippen LogP contribution in [0.15, 0.2) is 41.3 Å². The molecule has 3 aromatic rings. The molecule has 2 unspecified atom stereocenters. The molecule has 39 heavy (non-hydrogen) atoms. The van der Waals surface area contributed by atoms with Crippen molar-refractivity contribution in [3.8, 4) is 0 Å². The first kappa shape index (κ1) is 27.7. The second-order valence-corrected chi connectivity index (χ2v) is 11.1. The van der Waals surface area contributed by atoms with Crippen LogP contribution in [0.4, 0.5) is 22.4 Å². The standard InChI is InChI=1S/C27H25ClF4N4O2S/c1-3-34-9-8-23(21(29)14-34)36-25(37)24(39-26(36)38)11-16-4-7-22-19(10-16)15(2)33-35(22)13-17-5-6-18(28)12-20(17)27(30,31)32/h4-7,10-12,21,23H,3,8-9,13-14H2,1-2H3. The number of aromatic nitrogens is 2. The number of carbonyl (C=O) groups is 2. The topological polar surface area (TPSA) is 58.4 Å². The average molecular weight is 581 g/mol. The molecule has 0 aliphatic carbocycles. The van der Waals surface area contributed by atoms with E-state index in [2.05, 4.69) is 5.10 Å². The third kappa shape index (κ3) is 5.44. The van der Waals surface area contributed by atoms with Crippen LogP contribution in [-0.2, 0) is 17.5 Å². The molecule has 206 valence electrons. The summed E-state index contributed by atoms with van der Waals surface area (Å²) in [5, 5.41) is 4.64. The lowest BCUT2D eigenvalue weighted by Crippen LogP contribution is -2.53. The average Bonchev–Trinajstić information content (AvgIpc) is 3.33. The van der Waals surface area contributed by atoms with Gasteiger partial charge in [-0.2, -0.15) is 18.3 Å². The summed E-state index contributed by atoms with van der Waals surface area (Å²) in [4.78, 5) is 29.0. The number of hydrogen-bond acceptors (Lipinski definition) is 5. The van der Waals surface area contributed by atoms with E-state index in [9.17, 15) is 27.2 Å². The lowest BCUT2D eigenvalue weighted by Gasteiger charge is -2.37. The van der Waals surface area contributed by atoms with Crippen molar-refractivity contribution in [3.63, 3.8) is 0 Å². The molecule has 2 saturated heterocycles. The second-order valence-electron chi connectivity index (χ2n) is 9.64. The van der Waals surface area contributed by atoms with Crippen molar-refractivity contribution in [1.82, 2.24) is 19.6 Å². The van der Waals surface area contributed by atoms with Gasteiger partial charge in [-0.3, -0.25) is 19.2 Å². The summed E-state index contributed by atoms with van der Waals surface area (Å²) in [5.41, 5.74) is 1.04. The smallest absolute Gasteiger partial charge is 0.301 e. The van der Waals surface area contributed by atoms with Crippen LogP contribution in [0.5, 0.6) is 0 Å². The van der Waals surface area contributed by atoms with E-state index in [0.29, 0.717) is 41.7 Å². The summed E-state index contributed by atoms with van der Waals surface area (Å²) in [6.45, 7) is 5.07. The number of amides is 2. The SMILES string of the molecule is CCN1CCC(N2C(=O)SC(=Cc3ccc4c(c3)c(C)nn4Cc3ccc(Cl)cc3C(F)(F)F)C2=O)C(F)C1. The number of aryl methyl sites for hydroxylation is 1. The van der Waals surface area contributed by atoms with Crippen LogP contribution in [0.1, 0.15) is 35.7 Å². The lowest BCUT2D eigenvalue weighted by atomic mass is 10.0. The second kappa shape index (κ2) is 10.6. The number of carbonyl (C=O) groups excluding carboxylic acids is 2. The van der Waals surface area contributed by atoms with Gasteiger partial charge in [-0.25, -0.2) is 4.39 Å². The molecular formula is C27H25ClF4N4O2S. The van der Waals surface area contributed by atoms with E-state index in [1.54, 1.807) is 31.2 Å². The van der Waals surface area contributed by atoms with E-state index >= 15 is 0 Å². The number of alkyl halides is 4. The van der Waals surface area contributed by atoms with Gasteiger partial charge >= 0.3 is 6.18 Å². The van der Waals surface area contributed by atoms with Crippen molar-refractivity contribution in [2.45, 2.75) is 45.2 Å². The fraction of sp³-hybridized carbons (Fsp3) is 0.370. The molecular weight excluding hydrogens is 556 g/mol. The highest BCUT2D eigenvalue weighted by molar-refractivity contribution is 8.18. The molecule has 2 amide bonds. The van der Waals surface area contributed by atoms with Crippen molar-refractivity contribution < 1.29 is 27.2 Å². The van der Waals surface area contributed by atoms with Gasteiger partial charge in [0.25, 0.3) is 11.1 Å². The molecule has 2 aliphatic heterocycles. The zero-order valence-electron chi connectivity index (χ0n) is 21.1. The maximum atomic E-state index is 14.8. The number of nitrogens with zero attached hydrogens (tertiary/aromatic N) is 4. The maximum absolute atomic E-state index is 14.8. The Labute approximate surface area is 231 Å². The highest BCUT2D eigenvalue weighted by Gasteiger charge is 2.44. The molecule has 2 aromatic carbocycles. The summed E-state index contributed by atoms with van der Waals surface area (Å²) in [6.07, 6.45) is -3.91. The van der Waals surface area contributed by atoms with Crippen LogP contribution in [0, 0.1) is 6.92 Å². The Hall–Kier alpha value is -2.89. The molecule has 0 spiro atoms. The Morgan fingerprint density at radius 3 is 2.64 bits per heavy atom. The molecule has 2 aliphatic rings. The molecule has 2 atom stereocenters. The zero-order valence-corrected chi connectivity index (χ0v) is 22.7. The van der Waals surface area contributed by atoms with Crippen LogP contribution in [0.3, 0.4) is 0 Å². The van der Waals surface area contributed by atoms with Crippen molar-refractivity contribution in [2.24, 2.45) is 0 Å². The van der Waals surface area contributed by atoms with Crippen LogP contribution in [0.2, 0.25) is 5.02 Å². The molecule has 2 fully saturated rings. The minimum Gasteiger partial charge on any atom is -0.301 e. The quantitative estimate of drug-likeness (QED) is 0.254. The Bertz CT molecular complexity index is 1490. The molecule has 5 rings (SSSR count). The number of benzene rings is 2. The molecule has 1 aromatic heterocycles. The van der Waals surface area contributed by atoms with Gasteiger partial charge in [-0.1, -0.05) is 30.7 Å². The number of imide groups is 1. The Morgan fingerprint density at radius 2 is 1.95 bits per heavy atom. The third-order valence-corrected chi connectivity index (χ3v) is 8.27. The maximum Gasteiger partial charge on any atom is 0.416 e. The molecule has 0 bridgehead atoms. The van der Waals surface area contributed by atoms with Crippen LogP contribution in [-0.4, -0.2) is 62.6 Å². The third-order valence-electron chi connectivity index (χ3n) is 7.15. The fourth-order valence-electron chi connectivity index (χ4n) is 5.13. The summed E-state index contributed by atoms with van der Waals surface area (Å²) >= 11 is 6.59. The van der Waals surface area contributed by atoms with Gasteiger partial charge in [0.1, 0.15) is 6.17 Å². The fourth-order valence-corrected chi connectivity index (χ4v) is 6.19.